The highest BCUT2D eigenvalue weighted by Crippen LogP contribution is 2.42. The van der Waals surface area contributed by atoms with E-state index in [1.807, 2.05) is 12.1 Å². The number of benzene rings is 1. The van der Waals surface area contributed by atoms with Crippen LogP contribution in [0.5, 0.6) is 5.75 Å². The van der Waals surface area contributed by atoms with Gasteiger partial charge in [0.25, 0.3) is 0 Å². The summed E-state index contributed by atoms with van der Waals surface area (Å²) in [4.78, 5) is 2.66. The molecule has 1 N–H and O–H groups in total. The summed E-state index contributed by atoms with van der Waals surface area (Å²) in [5.41, 5.74) is 1.08. The number of likely N-dealkylation sites (tertiary alicyclic amines) is 1. The molecule has 1 atom stereocenters. The molecule has 31 heavy (non-hydrogen) atoms. The van der Waals surface area contributed by atoms with Crippen LogP contribution in [-0.2, 0) is 4.74 Å². The summed E-state index contributed by atoms with van der Waals surface area (Å²) in [6, 6.07) is 4.63. The molecule has 1 unspecified atom stereocenters. The van der Waals surface area contributed by atoms with Crippen molar-refractivity contribution in [3.8, 4) is 5.75 Å². The molecule has 174 valence electrons. The minimum absolute atomic E-state index is 0.0966. The van der Waals surface area contributed by atoms with Gasteiger partial charge in [0.05, 0.1) is 10.0 Å². The minimum atomic E-state index is 0.0966. The molecule has 0 saturated carbocycles. The van der Waals surface area contributed by atoms with Crippen LogP contribution >= 0.6 is 35.1 Å². The van der Waals surface area contributed by atoms with Crippen molar-refractivity contribution in [1.82, 2.24) is 9.62 Å². The number of nitrogens with zero attached hydrogens (tertiary/aromatic N) is 1. The summed E-state index contributed by atoms with van der Waals surface area (Å²) in [7, 11) is 0. The summed E-state index contributed by atoms with van der Waals surface area (Å²) in [6.45, 7) is 14.9. The van der Waals surface area contributed by atoms with Gasteiger partial charge in [0.2, 0.25) is 0 Å². The molecule has 0 aliphatic carbocycles. The molecule has 2 fully saturated rings. The monoisotopic (exact) mass is 486 g/mol. The lowest BCUT2D eigenvalue weighted by atomic mass is 9.84. The van der Waals surface area contributed by atoms with E-state index in [4.69, 9.17) is 32.7 Å². The van der Waals surface area contributed by atoms with E-state index in [2.05, 4.69) is 37.0 Å². The van der Waals surface area contributed by atoms with Gasteiger partial charge in [-0.05, 0) is 71.5 Å². The fourth-order valence-electron chi connectivity index (χ4n) is 4.38. The molecule has 1 aromatic rings. The van der Waals surface area contributed by atoms with Crippen LogP contribution in [0.1, 0.15) is 58.1 Å². The van der Waals surface area contributed by atoms with Crippen LogP contribution in [-0.4, -0.2) is 48.6 Å². The Morgan fingerprint density at radius 2 is 1.84 bits per heavy atom. The maximum Gasteiger partial charge on any atom is 0.126 e. The van der Waals surface area contributed by atoms with Gasteiger partial charge in [-0.2, -0.15) is 0 Å². The molecule has 2 saturated heterocycles. The summed E-state index contributed by atoms with van der Waals surface area (Å²) < 4.78 is 15.4. The molecule has 2 aliphatic heterocycles. The number of ether oxygens (including phenoxy) is 2. The van der Waals surface area contributed by atoms with E-state index in [1.54, 1.807) is 18.0 Å². The third-order valence-corrected chi connectivity index (χ3v) is 7.70. The normalized spacial score (nSPS) is 20.5. The van der Waals surface area contributed by atoms with Crippen molar-refractivity contribution in [2.24, 2.45) is 5.92 Å². The summed E-state index contributed by atoms with van der Waals surface area (Å²) in [5.74, 6) is 1.28. The molecule has 3 rings (SSSR count). The molecule has 0 bridgehead atoms. The lowest BCUT2D eigenvalue weighted by molar-refractivity contribution is 0.0188. The first kappa shape index (κ1) is 25.2. The molecule has 4 nitrogen and oxygen atoms in total. The van der Waals surface area contributed by atoms with Gasteiger partial charge in [-0.1, -0.05) is 47.8 Å². The maximum absolute atomic E-state index is 6.46. The topological polar surface area (TPSA) is 33.7 Å². The van der Waals surface area contributed by atoms with Crippen molar-refractivity contribution in [2.75, 3.05) is 32.9 Å². The van der Waals surface area contributed by atoms with Crippen LogP contribution in [0.15, 0.2) is 24.8 Å². The average Bonchev–Trinajstić information content (AvgIpc) is 2.75. The summed E-state index contributed by atoms with van der Waals surface area (Å²) in [5, 5.41) is 1.08. The van der Waals surface area contributed by atoms with Crippen molar-refractivity contribution in [3.05, 3.63) is 40.4 Å². The Morgan fingerprint density at radius 1 is 1.19 bits per heavy atom. The first-order valence-electron chi connectivity index (χ1n) is 11.3. The Balaban J connectivity index is 1.80. The summed E-state index contributed by atoms with van der Waals surface area (Å²) >= 11 is 14.6. The highest BCUT2D eigenvalue weighted by molar-refractivity contribution is 7.98. The Hall–Kier alpha value is -0.430. The Labute approximate surface area is 202 Å². The van der Waals surface area contributed by atoms with Gasteiger partial charge >= 0.3 is 0 Å². The number of halogens is 2. The van der Waals surface area contributed by atoms with Crippen molar-refractivity contribution < 1.29 is 9.47 Å². The molecule has 0 aromatic heterocycles. The van der Waals surface area contributed by atoms with Crippen molar-refractivity contribution in [2.45, 2.75) is 63.3 Å². The quantitative estimate of drug-likeness (QED) is 0.333. The van der Waals surface area contributed by atoms with E-state index in [1.165, 1.54) is 0 Å². The van der Waals surface area contributed by atoms with Crippen LogP contribution in [0.25, 0.3) is 0 Å². The molecule has 2 heterocycles. The molecule has 2 aliphatic rings. The largest absolute Gasteiger partial charge is 0.489 e. The van der Waals surface area contributed by atoms with Crippen LogP contribution in [0.4, 0.5) is 0 Å². The van der Waals surface area contributed by atoms with Gasteiger partial charge < -0.3 is 14.4 Å². The number of nitrogens with one attached hydrogen (secondary N) is 1. The zero-order valence-corrected chi connectivity index (χ0v) is 21.3. The molecule has 0 amide bonds. The Kier molecular flexibility index (Phi) is 9.45. The smallest absolute Gasteiger partial charge is 0.126 e. The first-order chi connectivity index (χ1) is 14.8. The van der Waals surface area contributed by atoms with Crippen LogP contribution in [0.3, 0.4) is 0 Å². The number of hydrogen-bond donors (Lipinski definition) is 1. The molecule has 7 heteroatoms. The van der Waals surface area contributed by atoms with Gasteiger partial charge in [0.1, 0.15) is 12.4 Å². The zero-order chi connectivity index (χ0) is 22.4. The Morgan fingerprint density at radius 3 is 2.45 bits per heavy atom. The second kappa shape index (κ2) is 11.6. The van der Waals surface area contributed by atoms with Gasteiger partial charge in [0, 0.05) is 41.7 Å². The third kappa shape index (κ3) is 7.28. The van der Waals surface area contributed by atoms with Gasteiger partial charge in [-0.25, -0.2) is 0 Å². The van der Waals surface area contributed by atoms with Gasteiger partial charge in [0.15, 0.2) is 0 Å². The number of hydrogen-bond acceptors (Lipinski definition) is 5. The van der Waals surface area contributed by atoms with Crippen molar-refractivity contribution >= 4 is 35.1 Å². The molecule has 0 spiro atoms. The third-order valence-electron chi connectivity index (χ3n) is 5.99. The fourth-order valence-corrected chi connectivity index (χ4v) is 5.51. The van der Waals surface area contributed by atoms with E-state index in [-0.39, 0.29) is 10.8 Å². The van der Waals surface area contributed by atoms with Gasteiger partial charge in [-0.3, -0.25) is 4.72 Å². The van der Waals surface area contributed by atoms with E-state index in [9.17, 15) is 0 Å². The highest BCUT2D eigenvalue weighted by atomic mass is 35.5. The summed E-state index contributed by atoms with van der Waals surface area (Å²) in [6.07, 6.45) is 6.34. The zero-order valence-electron chi connectivity index (χ0n) is 19.0. The van der Waals surface area contributed by atoms with E-state index in [0.29, 0.717) is 28.6 Å². The predicted molar refractivity (Wildman–Crippen MR) is 134 cm³/mol. The van der Waals surface area contributed by atoms with Crippen LogP contribution in [0.2, 0.25) is 10.0 Å². The van der Waals surface area contributed by atoms with E-state index in [0.717, 1.165) is 63.3 Å². The highest BCUT2D eigenvalue weighted by Gasteiger charge is 2.33. The van der Waals surface area contributed by atoms with E-state index < -0.39 is 0 Å². The van der Waals surface area contributed by atoms with Crippen LogP contribution in [0, 0.1) is 5.92 Å². The average molecular weight is 488 g/mol. The molecule has 1 aromatic carbocycles. The molecule has 0 radical (unpaired) electrons. The molecular formula is C24H36Cl2N2O2S. The second-order valence-corrected chi connectivity index (χ2v) is 11.9. The lowest BCUT2D eigenvalue weighted by Crippen LogP contribution is -2.45. The van der Waals surface area contributed by atoms with Gasteiger partial charge in [-0.15, -0.1) is 0 Å². The minimum Gasteiger partial charge on any atom is -0.489 e. The fraction of sp³-hybridized carbons (Fsp3) is 0.667. The number of rotatable bonds is 8. The van der Waals surface area contributed by atoms with E-state index >= 15 is 0 Å². The van der Waals surface area contributed by atoms with Crippen molar-refractivity contribution in [1.29, 1.82) is 0 Å². The Bertz CT molecular complexity index is 727. The second-order valence-electron chi connectivity index (χ2n) is 9.43. The lowest BCUT2D eigenvalue weighted by Gasteiger charge is -2.42. The number of piperidine rings is 1. The maximum atomic E-state index is 6.46. The van der Waals surface area contributed by atoms with Crippen molar-refractivity contribution in [3.63, 3.8) is 0 Å². The SMILES string of the molecule is C=CCOc1cc(Cl)c(Cl)cc1C(NSC(C)(C)C)C1CCN(C2CCOCC2)CC1. The standard InChI is InChI=1S/C24H36Cl2N2O2S/c1-5-12-30-22-16-21(26)20(25)15-19(22)23(27-31-24(2,3)4)17-6-10-28(11-7-17)18-8-13-29-14-9-18/h5,15-18,23,27H,1,6-14H2,2-4H3. The molecular weight excluding hydrogens is 451 g/mol. The van der Waals surface area contributed by atoms with Crippen LogP contribution < -0.4 is 9.46 Å². The predicted octanol–water partition coefficient (Wildman–Crippen LogP) is 6.53. The first-order valence-corrected chi connectivity index (χ1v) is 12.8.